The van der Waals surface area contributed by atoms with Gasteiger partial charge >= 0.3 is 6.36 Å². The summed E-state index contributed by atoms with van der Waals surface area (Å²) in [4.78, 5) is 0. The van der Waals surface area contributed by atoms with Crippen LogP contribution in [0.25, 0.3) is 0 Å². The molecule has 94 valence electrons. The molecule has 1 aliphatic rings. The van der Waals surface area contributed by atoms with Crippen molar-refractivity contribution in [1.29, 1.82) is 0 Å². The third-order valence-corrected chi connectivity index (χ3v) is 2.64. The molecule has 3 nitrogen and oxygen atoms in total. The predicted molar refractivity (Wildman–Crippen MR) is 55.0 cm³/mol. The summed E-state index contributed by atoms with van der Waals surface area (Å²) in [5.41, 5.74) is 0.855. The molecule has 0 aliphatic carbocycles. The summed E-state index contributed by atoms with van der Waals surface area (Å²) in [6, 6.07) is 4.30. The van der Waals surface area contributed by atoms with E-state index in [0.717, 1.165) is 18.5 Å². The Morgan fingerprint density at radius 2 is 2.06 bits per heavy atom. The zero-order chi connectivity index (χ0) is 12.5. The normalized spacial score (nSPS) is 19.6. The first-order valence-electron chi connectivity index (χ1n) is 5.16. The van der Waals surface area contributed by atoms with E-state index in [-0.39, 0.29) is 11.8 Å². The molecular formula is C11H12F3NO2. The van der Waals surface area contributed by atoms with E-state index in [4.69, 9.17) is 4.74 Å². The van der Waals surface area contributed by atoms with Crippen LogP contribution in [0.3, 0.4) is 0 Å². The van der Waals surface area contributed by atoms with Gasteiger partial charge in [-0.2, -0.15) is 0 Å². The van der Waals surface area contributed by atoms with Crippen LogP contribution < -0.4 is 14.8 Å². The fraction of sp³-hybridized carbons (Fsp3) is 0.455. The van der Waals surface area contributed by atoms with E-state index in [1.165, 1.54) is 19.2 Å². The van der Waals surface area contributed by atoms with Gasteiger partial charge < -0.3 is 14.8 Å². The van der Waals surface area contributed by atoms with Crippen LogP contribution in [0.5, 0.6) is 11.5 Å². The highest BCUT2D eigenvalue weighted by Gasteiger charge is 2.31. The second-order valence-corrected chi connectivity index (χ2v) is 3.75. The minimum Gasteiger partial charge on any atom is -0.496 e. The molecule has 0 unspecified atom stereocenters. The van der Waals surface area contributed by atoms with Crippen LogP contribution in [0.2, 0.25) is 0 Å². The number of hydrogen-bond acceptors (Lipinski definition) is 3. The van der Waals surface area contributed by atoms with Crippen molar-refractivity contribution in [2.75, 3.05) is 13.7 Å². The van der Waals surface area contributed by atoms with E-state index >= 15 is 0 Å². The number of benzene rings is 1. The fourth-order valence-corrected chi connectivity index (χ4v) is 1.73. The number of nitrogens with one attached hydrogen (secondary N) is 1. The van der Waals surface area contributed by atoms with E-state index in [2.05, 4.69) is 10.1 Å². The van der Waals surface area contributed by atoms with Crippen molar-refractivity contribution < 1.29 is 22.6 Å². The lowest BCUT2D eigenvalue weighted by atomic mass is 9.97. The van der Waals surface area contributed by atoms with E-state index < -0.39 is 6.36 Å². The second-order valence-electron chi connectivity index (χ2n) is 3.75. The molecule has 0 aromatic heterocycles. The average Bonchev–Trinajstić information content (AvgIpc) is 2.15. The van der Waals surface area contributed by atoms with Gasteiger partial charge in [0.1, 0.15) is 11.5 Å². The molecule has 0 amide bonds. The van der Waals surface area contributed by atoms with Gasteiger partial charge in [0.2, 0.25) is 0 Å². The van der Waals surface area contributed by atoms with E-state index in [9.17, 15) is 13.2 Å². The predicted octanol–water partition coefficient (Wildman–Crippen LogP) is 2.63. The van der Waals surface area contributed by atoms with E-state index in [1.807, 2.05) is 0 Å². The highest BCUT2D eigenvalue weighted by Crippen LogP contribution is 2.35. The Kier molecular flexibility index (Phi) is 3.15. The number of alkyl halides is 3. The van der Waals surface area contributed by atoms with Crippen LogP contribution in [-0.2, 0) is 0 Å². The summed E-state index contributed by atoms with van der Waals surface area (Å²) in [5.74, 6) is 0.140. The molecule has 0 saturated carbocycles. The molecule has 1 aromatic rings. The van der Waals surface area contributed by atoms with Gasteiger partial charge in [0.25, 0.3) is 0 Å². The van der Waals surface area contributed by atoms with Crippen LogP contribution in [0, 0.1) is 0 Å². The summed E-state index contributed by atoms with van der Waals surface area (Å²) in [6.07, 6.45) is -3.73. The lowest BCUT2D eigenvalue weighted by molar-refractivity contribution is -0.274. The van der Waals surface area contributed by atoms with Crippen molar-refractivity contribution in [2.45, 2.75) is 18.8 Å². The maximum absolute atomic E-state index is 12.0. The zero-order valence-corrected chi connectivity index (χ0v) is 9.17. The Morgan fingerprint density at radius 1 is 1.35 bits per heavy atom. The highest BCUT2D eigenvalue weighted by molar-refractivity contribution is 5.43. The molecule has 0 radical (unpaired) electrons. The minimum absolute atomic E-state index is 0.157. The Morgan fingerprint density at radius 3 is 2.53 bits per heavy atom. The molecule has 2 rings (SSSR count). The first-order valence-corrected chi connectivity index (χ1v) is 5.16. The molecule has 17 heavy (non-hydrogen) atoms. The maximum atomic E-state index is 12.0. The molecule has 1 heterocycles. The van der Waals surface area contributed by atoms with Crippen molar-refractivity contribution in [3.63, 3.8) is 0 Å². The highest BCUT2D eigenvalue weighted by atomic mass is 19.4. The molecular weight excluding hydrogens is 235 g/mol. The number of methoxy groups -OCH3 is 1. The SMILES string of the molecule is COc1cc(OC(F)(F)F)ccc1[C@@H]1CCN1. The van der Waals surface area contributed by atoms with Gasteiger partial charge in [-0.3, -0.25) is 0 Å². The van der Waals surface area contributed by atoms with Gasteiger partial charge in [0.05, 0.1) is 7.11 Å². The molecule has 1 saturated heterocycles. The molecule has 1 fully saturated rings. The standard InChI is InChI=1S/C11H12F3NO2/c1-16-10-6-7(17-11(12,13)14)2-3-8(10)9-4-5-15-9/h2-3,6,9,15H,4-5H2,1H3/t9-/m0/s1. The fourth-order valence-electron chi connectivity index (χ4n) is 1.73. The number of rotatable bonds is 3. The average molecular weight is 247 g/mol. The van der Waals surface area contributed by atoms with Crippen molar-refractivity contribution in [2.24, 2.45) is 0 Å². The van der Waals surface area contributed by atoms with Crippen molar-refractivity contribution in [1.82, 2.24) is 5.32 Å². The van der Waals surface area contributed by atoms with Crippen molar-refractivity contribution in [3.8, 4) is 11.5 Å². The number of halogens is 3. The van der Waals surface area contributed by atoms with Crippen LogP contribution >= 0.6 is 0 Å². The van der Waals surface area contributed by atoms with Crippen molar-refractivity contribution >= 4 is 0 Å². The van der Waals surface area contributed by atoms with E-state index in [0.29, 0.717) is 5.75 Å². The molecule has 6 heteroatoms. The molecule has 0 spiro atoms. The van der Waals surface area contributed by atoms with Gasteiger partial charge in [0, 0.05) is 17.7 Å². The second kappa shape index (κ2) is 4.44. The first kappa shape index (κ1) is 12.0. The zero-order valence-electron chi connectivity index (χ0n) is 9.17. The Hall–Kier alpha value is -1.43. The molecule has 1 N–H and O–H groups in total. The third-order valence-electron chi connectivity index (χ3n) is 2.64. The van der Waals surface area contributed by atoms with Crippen LogP contribution in [0.4, 0.5) is 13.2 Å². The number of hydrogen-bond donors (Lipinski definition) is 1. The molecule has 1 aliphatic heterocycles. The largest absolute Gasteiger partial charge is 0.573 e. The van der Waals surface area contributed by atoms with Crippen LogP contribution in [-0.4, -0.2) is 20.0 Å². The lowest BCUT2D eigenvalue weighted by Crippen LogP contribution is -2.35. The lowest BCUT2D eigenvalue weighted by Gasteiger charge is -2.29. The number of ether oxygens (including phenoxy) is 2. The minimum atomic E-state index is -4.68. The summed E-state index contributed by atoms with van der Waals surface area (Å²) in [7, 11) is 1.43. The van der Waals surface area contributed by atoms with Gasteiger partial charge in [-0.15, -0.1) is 13.2 Å². The smallest absolute Gasteiger partial charge is 0.496 e. The topological polar surface area (TPSA) is 30.5 Å². The molecule has 0 bridgehead atoms. The molecule has 1 aromatic carbocycles. The maximum Gasteiger partial charge on any atom is 0.573 e. The Labute approximate surface area is 96.5 Å². The van der Waals surface area contributed by atoms with E-state index in [1.54, 1.807) is 6.07 Å². The Balaban J connectivity index is 2.21. The van der Waals surface area contributed by atoms with Gasteiger partial charge in [-0.25, -0.2) is 0 Å². The summed E-state index contributed by atoms with van der Waals surface area (Å²) in [5, 5.41) is 3.16. The molecule has 1 atom stereocenters. The van der Waals surface area contributed by atoms with Crippen molar-refractivity contribution in [3.05, 3.63) is 23.8 Å². The third kappa shape index (κ3) is 2.82. The summed E-state index contributed by atoms with van der Waals surface area (Å²) < 4.78 is 45.0. The van der Waals surface area contributed by atoms with Crippen LogP contribution in [0.15, 0.2) is 18.2 Å². The summed E-state index contributed by atoms with van der Waals surface area (Å²) in [6.45, 7) is 0.911. The quantitative estimate of drug-likeness (QED) is 0.890. The monoisotopic (exact) mass is 247 g/mol. The first-order chi connectivity index (χ1) is 7.99. The van der Waals surface area contributed by atoms with Gasteiger partial charge in [-0.1, -0.05) is 6.07 Å². The van der Waals surface area contributed by atoms with Crippen LogP contribution in [0.1, 0.15) is 18.0 Å². The van der Waals surface area contributed by atoms with Gasteiger partial charge in [0.15, 0.2) is 0 Å². The Bertz CT molecular complexity index is 402. The van der Waals surface area contributed by atoms with Gasteiger partial charge in [-0.05, 0) is 19.0 Å². The summed E-state index contributed by atoms with van der Waals surface area (Å²) >= 11 is 0.